The molecule has 1 saturated carbocycles. The molecular weight excluding hydrogens is 520 g/mol. The van der Waals surface area contributed by atoms with Crippen LogP contribution in [0.2, 0.25) is 0 Å². The average Bonchev–Trinajstić information content (AvgIpc) is 3.71. The Bertz CT molecular complexity index is 1350. The summed E-state index contributed by atoms with van der Waals surface area (Å²) in [5.41, 5.74) is 2.07. The minimum absolute atomic E-state index is 0.0464. The van der Waals surface area contributed by atoms with Crippen LogP contribution in [-0.4, -0.2) is 76.2 Å². The molecule has 2 aliphatic rings. The summed E-state index contributed by atoms with van der Waals surface area (Å²) in [6, 6.07) is 15.4. The van der Waals surface area contributed by atoms with Gasteiger partial charge in [-0.25, -0.2) is 4.98 Å². The second-order valence-electron chi connectivity index (χ2n) is 9.54. The lowest BCUT2D eigenvalue weighted by Crippen LogP contribution is -2.49. The monoisotopic (exact) mass is 548 g/mol. The van der Waals surface area contributed by atoms with Gasteiger partial charge in [0.1, 0.15) is 6.54 Å². The van der Waals surface area contributed by atoms with Crippen LogP contribution in [0, 0.1) is 10.1 Å². The van der Waals surface area contributed by atoms with Crippen LogP contribution in [0.5, 0.6) is 0 Å². The Hall–Kier alpha value is -4.32. The second-order valence-corrected chi connectivity index (χ2v) is 10.4. The number of anilines is 2. The van der Waals surface area contributed by atoms with Gasteiger partial charge in [-0.05, 0) is 37.1 Å². The molecule has 1 aliphatic carbocycles. The zero-order valence-corrected chi connectivity index (χ0v) is 22.0. The first-order valence-electron chi connectivity index (χ1n) is 12.7. The fourth-order valence-electron chi connectivity index (χ4n) is 4.52. The highest BCUT2D eigenvalue weighted by Crippen LogP contribution is 2.28. The van der Waals surface area contributed by atoms with Crippen molar-refractivity contribution in [1.29, 1.82) is 0 Å². The van der Waals surface area contributed by atoms with Crippen LogP contribution in [0.1, 0.15) is 28.9 Å². The molecule has 12 heteroatoms. The van der Waals surface area contributed by atoms with E-state index in [1.807, 2.05) is 6.07 Å². The first kappa shape index (κ1) is 26.3. The van der Waals surface area contributed by atoms with E-state index in [4.69, 9.17) is 0 Å². The van der Waals surface area contributed by atoms with Gasteiger partial charge in [-0.3, -0.25) is 24.5 Å². The van der Waals surface area contributed by atoms with Crippen molar-refractivity contribution in [3.63, 3.8) is 0 Å². The van der Waals surface area contributed by atoms with E-state index in [-0.39, 0.29) is 42.4 Å². The van der Waals surface area contributed by atoms with Crippen molar-refractivity contribution in [1.82, 2.24) is 14.8 Å². The molecule has 2 heterocycles. The zero-order valence-electron chi connectivity index (χ0n) is 21.2. The van der Waals surface area contributed by atoms with Gasteiger partial charge >= 0.3 is 0 Å². The highest BCUT2D eigenvalue weighted by molar-refractivity contribution is 7.13. The molecule has 39 heavy (non-hydrogen) atoms. The Morgan fingerprint density at radius 3 is 2.36 bits per heavy atom. The summed E-state index contributed by atoms with van der Waals surface area (Å²) in [5, 5.41) is 15.8. The fourth-order valence-corrected chi connectivity index (χ4v) is 5.25. The number of rotatable bonds is 9. The van der Waals surface area contributed by atoms with Gasteiger partial charge in [0.2, 0.25) is 11.8 Å². The number of aromatic nitrogens is 1. The third-order valence-electron chi connectivity index (χ3n) is 6.77. The van der Waals surface area contributed by atoms with Gasteiger partial charge in [-0.1, -0.05) is 18.2 Å². The molecule has 11 nitrogen and oxygen atoms in total. The Morgan fingerprint density at radius 2 is 1.72 bits per heavy atom. The number of benzene rings is 2. The largest absolute Gasteiger partial charge is 0.368 e. The summed E-state index contributed by atoms with van der Waals surface area (Å²) in [6.45, 7) is 2.28. The van der Waals surface area contributed by atoms with Crippen molar-refractivity contribution < 1.29 is 19.3 Å². The topological polar surface area (TPSA) is 129 Å². The number of nitro groups is 1. The van der Waals surface area contributed by atoms with Crippen molar-refractivity contribution in [3.05, 3.63) is 81.3 Å². The van der Waals surface area contributed by atoms with Gasteiger partial charge in [0.25, 0.3) is 11.6 Å². The van der Waals surface area contributed by atoms with E-state index in [0.717, 1.165) is 18.5 Å². The van der Waals surface area contributed by atoms with Gasteiger partial charge in [-0.15, -0.1) is 11.3 Å². The van der Waals surface area contributed by atoms with E-state index in [1.54, 1.807) is 51.6 Å². The quantitative estimate of drug-likeness (QED) is 0.321. The highest BCUT2D eigenvalue weighted by atomic mass is 32.1. The number of carbonyl (C=O) groups excluding carboxylic acids is 3. The van der Waals surface area contributed by atoms with Crippen molar-refractivity contribution in [2.24, 2.45) is 0 Å². The van der Waals surface area contributed by atoms with Crippen molar-refractivity contribution in [2.45, 2.75) is 25.3 Å². The lowest BCUT2D eigenvalue weighted by Gasteiger charge is -2.36. The Labute approximate surface area is 229 Å². The van der Waals surface area contributed by atoms with Gasteiger partial charge in [0.15, 0.2) is 5.13 Å². The first-order valence-corrected chi connectivity index (χ1v) is 13.6. The third kappa shape index (κ3) is 6.58. The van der Waals surface area contributed by atoms with Crippen molar-refractivity contribution in [3.8, 4) is 0 Å². The molecule has 0 radical (unpaired) electrons. The van der Waals surface area contributed by atoms with Crippen LogP contribution in [-0.2, 0) is 16.0 Å². The molecular formula is C27H28N6O5S. The molecule has 5 rings (SSSR count). The summed E-state index contributed by atoms with van der Waals surface area (Å²) in [5.74, 6) is -0.525. The number of amides is 3. The molecule has 0 atom stereocenters. The lowest BCUT2D eigenvalue weighted by molar-refractivity contribution is -0.384. The molecule has 2 fully saturated rings. The summed E-state index contributed by atoms with van der Waals surface area (Å²) in [7, 11) is 0. The van der Waals surface area contributed by atoms with Gasteiger partial charge < -0.3 is 20.0 Å². The Morgan fingerprint density at radius 1 is 1.03 bits per heavy atom. The molecule has 0 spiro atoms. The third-order valence-corrected chi connectivity index (χ3v) is 7.58. The molecule has 1 N–H and O–H groups in total. The molecule has 1 aliphatic heterocycles. The Kier molecular flexibility index (Phi) is 7.82. The summed E-state index contributed by atoms with van der Waals surface area (Å²) in [4.78, 5) is 58.8. The molecule has 3 aromatic rings. The van der Waals surface area contributed by atoms with Crippen LogP contribution < -0.4 is 10.2 Å². The van der Waals surface area contributed by atoms with Crippen molar-refractivity contribution in [2.75, 3.05) is 42.9 Å². The van der Waals surface area contributed by atoms with Crippen LogP contribution in [0.15, 0.2) is 60.0 Å². The zero-order chi connectivity index (χ0) is 27.4. The van der Waals surface area contributed by atoms with Crippen LogP contribution in [0.25, 0.3) is 0 Å². The fraction of sp³-hybridized carbons (Fsp3) is 0.333. The van der Waals surface area contributed by atoms with Gasteiger partial charge in [0.05, 0.1) is 17.0 Å². The van der Waals surface area contributed by atoms with E-state index in [9.17, 15) is 24.5 Å². The molecule has 202 valence electrons. The van der Waals surface area contributed by atoms with Crippen LogP contribution in [0.4, 0.5) is 16.5 Å². The predicted octanol–water partition coefficient (Wildman–Crippen LogP) is 3.19. The molecule has 1 saturated heterocycles. The van der Waals surface area contributed by atoms with E-state index in [2.05, 4.69) is 15.2 Å². The number of nitrogens with one attached hydrogen (secondary N) is 1. The molecule has 1 aromatic heterocycles. The molecule has 0 bridgehead atoms. The highest BCUT2D eigenvalue weighted by Gasteiger charge is 2.34. The summed E-state index contributed by atoms with van der Waals surface area (Å²) < 4.78 is 0. The van der Waals surface area contributed by atoms with Crippen molar-refractivity contribution >= 4 is 45.6 Å². The number of piperazine rings is 1. The maximum absolute atomic E-state index is 12.9. The second kappa shape index (κ2) is 11.6. The molecule has 2 aromatic carbocycles. The summed E-state index contributed by atoms with van der Waals surface area (Å²) in [6.07, 6.45) is 1.90. The van der Waals surface area contributed by atoms with Gasteiger partial charge in [0, 0.05) is 61.0 Å². The summed E-state index contributed by atoms with van der Waals surface area (Å²) >= 11 is 1.25. The number of thiazole rings is 1. The molecule has 3 amide bonds. The first-order chi connectivity index (χ1) is 18.9. The van der Waals surface area contributed by atoms with Gasteiger partial charge in [-0.2, -0.15) is 0 Å². The van der Waals surface area contributed by atoms with E-state index in [0.29, 0.717) is 42.6 Å². The lowest BCUT2D eigenvalue weighted by atomic mass is 10.2. The predicted molar refractivity (Wildman–Crippen MR) is 147 cm³/mol. The van der Waals surface area contributed by atoms with Crippen LogP contribution >= 0.6 is 11.3 Å². The number of carbonyl (C=O) groups is 3. The number of hydrogen-bond donors (Lipinski definition) is 1. The van der Waals surface area contributed by atoms with E-state index < -0.39 is 4.92 Å². The minimum Gasteiger partial charge on any atom is -0.368 e. The number of nitro benzene ring substituents is 1. The van der Waals surface area contributed by atoms with E-state index in [1.165, 1.54) is 23.5 Å². The maximum Gasteiger partial charge on any atom is 0.269 e. The maximum atomic E-state index is 12.9. The smallest absolute Gasteiger partial charge is 0.269 e. The standard InChI is InChI=1S/C27H28N6O5S/c34-24(17-32(22-8-9-22)26(36)19-4-2-1-3-5-19)29-27-28-20(18-39-27)16-25(35)31-14-12-30(13-15-31)21-6-10-23(11-7-21)33(37)38/h1-7,10-11,18,22H,8-9,12-17H2,(H,28,29,34). The number of non-ortho nitro benzene ring substituents is 1. The average molecular weight is 549 g/mol. The van der Waals surface area contributed by atoms with E-state index >= 15 is 0 Å². The number of hydrogen-bond acceptors (Lipinski definition) is 8. The Balaban J connectivity index is 1.10. The number of nitrogens with zero attached hydrogens (tertiary/aromatic N) is 5. The normalized spacial score (nSPS) is 15.1. The van der Waals surface area contributed by atoms with Crippen LogP contribution in [0.3, 0.4) is 0 Å². The molecule has 0 unspecified atom stereocenters. The SMILES string of the molecule is O=C(CN(C(=O)c1ccccc1)C1CC1)Nc1nc(CC(=O)N2CCN(c3ccc([N+](=O)[O-])cc3)CC2)cs1. The minimum atomic E-state index is -0.425.